The molecular weight excluding hydrogens is 286 g/mol. The van der Waals surface area contributed by atoms with Crippen LogP contribution in [0.4, 0.5) is 0 Å². The molecule has 3 nitrogen and oxygen atoms in total. The Kier molecular flexibility index (Phi) is 5.51. The molecule has 0 saturated heterocycles. The highest BCUT2D eigenvalue weighted by Crippen LogP contribution is 2.27. The monoisotopic (exact) mass is 309 g/mol. The van der Waals surface area contributed by atoms with Gasteiger partial charge in [-0.15, -0.1) is 0 Å². The number of nitrogens with zero attached hydrogens (tertiary/aromatic N) is 1. The molecule has 4 heteroatoms. The number of halogens is 1. The van der Waals surface area contributed by atoms with Gasteiger partial charge in [0.1, 0.15) is 5.75 Å². The number of benzene rings is 1. The first-order chi connectivity index (χ1) is 9.99. The molecule has 1 saturated carbocycles. The highest BCUT2D eigenvalue weighted by atomic mass is 35.5. The lowest BCUT2D eigenvalue weighted by Crippen LogP contribution is -2.44. The molecule has 1 aromatic carbocycles. The Balaban J connectivity index is 1.99. The average Bonchev–Trinajstić information content (AvgIpc) is 2.50. The number of ether oxygens (including phenoxy) is 1. The molecule has 1 aliphatic carbocycles. The van der Waals surface area contributed by atoms with Crippen LogP contribution < -0.4 is 4.74 Å². The first-order valence-corrected chi connectivity index (χ1v) is 8.06. The molecule has 21 heavy (non-hydrogen) atoms. The van der Waals surface area contributed by atoms with E-state index in [0.29, 0.717) is 16.8 Å². The number of aryl methyl sites for hydroxylation is 1. The summed E-state index contributed by atoms with van der Waals surface area (Å²) in [5.74, 6) is 0.606. The molecule has 0 aliphatic heterocycles. The number of hydrogen-bond acceptors (Lipinski definition) is 2. The van der Waals surface area contributed by atoms with E-state index in [1.807, 2.05) is 31.0 Å². The van der Waals surface area contributed by atoms with Crippen molar-refractivity contribution in [1.29, 1.82) is 0 Å². The van der Waals surface area contributed by atoms with E-state index in [2.05, 4.69) is 0 Å². The summed E-state index contributed by atoms with van der Waals surface area (Å²) in [7, 11) is 1.88. The highest BCUT2D eigenvalue weighted by molar-refractivity contribution is 6.32. The first kappa shape index (κ1) is 16.2. The summed E-state index contributed by atoms with van der Waals surface area (Å²) >= 11 is 6.12. The van der Waals surface area contributed by atoms with Crippen LogP contribution in [-0.4, -0.2) is 30.0 Å². The van der Waals surface area contributed by atoms with Gasteiger partial charge >= 0.3 is 0 Å². The SMILES string of the molecule is Cc1ccc(Cl)c(OC(C)C(=O)N(C)C2CCCCC2)c1. The summed E-state index contributed by atoms with van der Waals surface area (Å²) < 4.78 is 5.78. The lowest BCUT2D eigenvalue weighted by molar-refractivity contribution is -0.139. The summed E-state index contributed by atoms with van der Waals surface area (Å²) in [5.41, 5.74) is 1.06. The fraction of sp³-hybridized carbons (Fsp3) is 0.588. The summed E-state index contributed by atoms with van der Waals surface area (Å²) in [5, 5.41) is 0.542. The van der Waals surface area contributed by atoms with Crippen LogP contribution in [0.5, 0.6) is 5.75 Å². The molecule has 0 spiro atoms. The van der Waals surface area contributed by atoms with Gasteiger partial charge in [-0.1, -0.05) is 36.9 Å². The zero-order chi connectivity index (χ0) is 15.4. The molecule has 1 aliphatic rings. The van der Waals surface area contributed by atoms with Crippen LogP contribution in [0.1, 0.15) is 44.6 Å². The zero-order valence-corrected chi connectivity index (χ0v) is 13.8. The molecule has 1 fully saturated rings. The Hall–Kier alpha value is -1.22. The van der Waals surface area contributed by atoms with E-state index in [9.17, 15) is 4.79 Å². The predicted octanol–water partition coefficient (Wildman–Crippen LogP) is 4.21. The maximum absolute atomic E-state index is 12.5. The van der Waals surface area contributed by atoms with Crippen LogP contribution in [0.15, 0.2) is 18.2 Å². The molecule has 0 N–H and O–H groups in total. The quantitative estimate of drug-likeness (QED) is 0.834. The van der Waals surface area contributed by atoms with Gasteiger partial charge in [-0.2, -0.15) is 0 Å². The van der Waals surface area contributed by atoms with Crippen molar-refractivity contribution < 1.29 is 9.53 Å². The van der Waals surface area contributed by atoms with Crippen LogP contribution >= 0.6 is 11.6 Å². The van der Waals surface area contributed by atoms with Gasteiger partial charge < -0.3 is 9.64 Å². The van der Waals surface area contributed by atoms with E-state index in [1.165, 1.54) is 19.3 Å². The Morgan fingerprint density at radius 3 is 2.67 bits per heavy atom. The van der Waals surface area contributed by atoms with Crippen LogP contribution in [0.3, 0.4) is 0 Å². The van der Waals surface area contributed by atoms with E-state index >= 15 is 0 Å². The maximum Gasteiger partial charge on any atom is 0.263 e. The van der Waals surface area contributed by atoms with Crippen LogP contribution in [-0.2, 0) is 4.79 Å². The Morgan fingerprint density at radius 2 is 2.00 bits per heavy atom. The number of amides is 1. The minimum absolute atomic E-state index is 0.0273. The number of carbonyl (C=O) groups excluding carboxylic acids is 1. The van der Waals surface area contributed by atoms with Crippen molar-refractivity contribution in [3.63, 3.8) is 0 Å². The summed E-state index contributed by atoms with van der Waals surface area (Å²) in [4.78, 5) is 14.4. The minimum Gasteiger partial charge on any atom is -0.479 e. The average molecular weight is 310 g/mol. The summed E-state index contributed by atoms with van der Waals surface area (Å²) in [6.07, 6.45) is 5.38. The highest BCUT2D eigenvalue weighted by Gasteiger charge is 2.26. The second kappa shape index (κ2) is 7.17. The van der Waals surface area contributed by atoms with E-state index in [0.717, 1.165) is 18.4 Å². The van der Waals surface area contributed by atoms with Crippen molar-refractivity contribution >= 4 is 17.5 Å². The van der Waals surface area contributed by atoms with Gasteiger partial charge in [-0.05, 0) is 44.4 Å². The number of carbonyl (C=O) groups is 1. The molecule has 116 valence electrons. The molecule has 1 atom stereocenters. The third kappa shape index (κ3) is 4.13. The smallest absolute Gasteiger partial charge is 0.263 e. The second-order valence-electron chi connectivity index (χ2n) is 5.93. The lowest BCUT2D eigenvalue weighted by Gasteiger charge is -2.33. The van der Waals surface area contributed by atoms with Crippen molar-refractivity contribution in [2.75, 3.05) is 7.05 Å². The molecule has 1 amide bonds. The molecular formula is C17H24ClNO2. The third-order valence-corrected chi connectivity index (χ3v) is 4.52. The van der Waals surface area contributed by atoms with E-state index in [4.69, 9.17) is 16.3 Å². The van der Waals surface area contributed by atoms with Crippen molar-refractivity contribution in [2.24, 2.45) is 0 Å². The number of likely N-dealkylation sites (N-methyl/N-ethyl adjacent to an activating group) is 1. The molecule has 1 unspecified atom stereocenters. The number of rotatable bonds is 4. The van der Waals surface area contributed by atoms with Crippen molar-refractivity contribution in [3.8, 4) is 5.75 Å². The third-order valence-electron chi connectivity index (χ3n) is 4.21. The molecule has 2 rings (SSSR count). The molecule has 1 aromatic rings. The largest absolute Gasteiger partial charge is 0.479 e. The van der Waals surface area contributed by atoms with Gasteiger partial charge in [0, 0.05) is 13.1 Å². The summed E-state index contributed by atoms with van der Waals surface area (Å²) in [6.45, 7) is 3.77. The fourth-order valence-electron chi connectivity index (χ4n) is 2.88. The summed E-state index contributed by atoms with van der Waals surface area (Å²) in [6, 6.07) is 5.95. The van der Waals surface area contributed by atoms with E-state index < -0.39 is 6.10 Å². The number of hydrogen-bond donors (Lipinski definition) is 0. The van der Waals surface area contributed by atoms with Crippen LogP contribution in [0.25, 0.3) is 0 Å². The first-order valence-electron chi connectivity index (χ1n) is 7.68. The molecule has 0 radical (unpaired) electrons. The second-order valence-corrected chi connectivity index (χ2v) is 6.34. The van der Waals surface area contributed by atoms with Crippen molar-refractivity contribution in [2.45, 2.75) is 58.1 Å². The minimum atomic E-state index is -0.517. The van der Waals surface area contributed by atoms with E-state index in [1.54, 1.807) is 13.0 Å². The maximum atomic E-state index is 12.5. The Labute approximate surface area is 132 Å². The van der Waals surface area contributed by atoms with Gasteiger partial charge in [-0.25, -0.2) is 0 Å². The van der Waals surface area contributed by atoms with Crippen molar-refractivity contribution in [1.82, 2.24) is 4.90 Å². The van der Waals surface area contributed by atoms with Gasteiger partial charge in [0.2, 0.25) is 0 Å². The van der Waals surface area contributed by atoms with Gasteiger partial charge in [0.25, 0.3) is 5.91 Å². The predicted molar refractivity (Wildman–Crippen MR) is 85.9 cm³/mol. The normalized spacial score (nSPS) is 17.3. The molecule has 0 heterocycles. The van der Waals surface area contributed by atoms with Crippen LogP contribution in [0, 0.1) is 6.92 Å². The standard InChI is InChI=1S/C17H24ClNO2/c1-12-9-10-15(18)16(11-12)21-13(2)17(20)19(3)14-7-5-4-6-8-14/h9-11,13-14H,4-8H2,1-3H3. The van der Waals surface area contributed by atoms with E-state index in [-0.39, 0.29) is 5.91 Å². The van der Waals surface area contributed by atoms with Gasteiger partial charge in [-0.3, -0.25) is 4.79 Å². The van der Waals surface area contributed by atoms with Crippen molar-refractivity contribution in [3.05, 3.63) is 28.8 Å². The Morgan fingerprint density at radius 1 is 1.33 bits per heavy atom. The van der Waals surface area contributed by atoms with Gasteiger partial charge in [0.15, 0.2) is 6.10 Å². The molecule has 0 bridgehead atoms. The van der Waals surface area contributed by atoms with Gasteiger partial charge in [0.05, 0.1) is 5.02 Å². The molecule has 0 aromatic heterocycles. The lowest BCUT2D eigenvalue weighted by atomic mass is 9.94. The zero-order valence-electron chi connectivity index (χ0n) is 13.1. The fourth-order valence-corrected chi connectivity index (χ4v) is 3.04. The Bertz CT molecular complexity index is 498. The topological polar surface area (TPSA) is 29.5 Å². The van der Waals surface area contributed by atoms with Crippen LogP contribution in [0.2, 0.25) is 5.02 Å².